The summed E-state index contributed by atoms with van der Waals surface area (Å²) >= 11 is 1.65. The van der Waals surface area contributed by atoms with Crippen molar-refractivity contribution in [1.82, 2.24) is 20.2 Å². The topological polar surface area (TPSA) is 78.7 Å². The Morgan fingerprint density at radius 2 is 1.96 bits per heavy atom. The molecule has 0 saturated carbocycles. The number of nitrogens with two attached hydrogens (primary N) is 1. The molecule has 0 bridgehead atoms. The van der Waals surface area contributed by atoms with Crippen molar-refractivity contribution in [2.45, 2.75) is 11.7 Å². The van der Waals surface area contributed by atoms with Gasteiger partial charge in [0, 0.05) is 5.56 Å². The summed E-state index contributed by atoms with van der Waals surface area (Å²) in [5, 5.41) is 15.0. The number of hydrogen-bond acceptors (Lipinski definition) is 6. The number of quaternary nitrogens is 1. The van der Waals surface area contributed by atoms with E-state index in [1.54, 1.807) is 16.4 Å². The highest BCUT2D eigenvalue weighted by Gasteiger charge is 2.13. The lowest BCUT2D eigenvalue weighted by atomic mass is 10.2. The summed E-state index contributed by atoms with van der Waals surface area (Å²) in [6.45, 7) is 2.19. The molecule has 0 aliphatic carbocycles. The summed E-state index contributed by atoms with van der Waals surface area (Å²) in [7, 11) is 0. The van der Waals surface area contributed by atoms with Gasteiger partial charge in [-0.1, -0.05) is 30.0 Å². The van der Waals surface area contributed by atoms with E-state index in [1.807, 2.05) is 42.5 Å². The molecule has 1 aliphatic rings. The lowest BCUT2D eigenvalue weighted by Crippen LogP contribution is -2.83. The van der Waals surface area contributed by atoms with Gasteiger partial charge in [-0.2, -0.15) is 4.68 Å². The second kappa shape index (κ2) is 7.54. The number of hydrogen-bond donors (Lipinski definition) is 1. The zero-order chi connectivity index (χ0) is 16.9. The van der Waals surface area contributed by atoms with Gasteiger partial charge in [-0.3, -0.25) is 0 Å². The predicted octanol–water partition coefficient (Wildman–Crippen LogP) is 1.25. The Kier molecular flexibility index (Phi) is 4.80. The molecule has 2 N–H and O–H groups in total. The van der Waals surface area contributed by atoms with Crippen molar-refractivity contribution in [1.29, 1.82) is 0 Å². The normalized spacial score (nSPS) is 12.5. The zero-order valence-corrected chi connectivity index (χ0v) is 14.4. The van der Waals surface area contributed by atoms with E-state index in [-0.39, 0.29) is 0 Å². The Morgan fingerprint density at radius 3 is 2.88 bits per heavy atom. The van der Waals surface area contributed by atoms with Crippen LogP contribution in [0.3, 0.4) is 0 Å². The molecule has 8 heteroatoms. The van der Waals surface area contributed by atoms with Crippen molar-refractivity contribution in [3.05, 3.63) is 54.1 Å². The number of ether oxygens (including phenoxy) is 2. The first kappa shape index (κ1) is 15.9. The number of nitrogens with zero attached hydrogens (tertiary/aromatic N) is 4. The maximum Gasteiger partial charge on any atom is 0.231 e. The van der Waals surface area contributed by atoms with E-state index >= 15 is 0 Å². The highest BCUT2D eigenvalue weighted by molar-refractivity contribution is 7.99. The molecule has 0 amide bonds. The third-order valence-electron chi connectivity index (χ3n) is 3.81. The van der Waals surface area contributed by atoms with Crippen LogP contribution in [0.4, 0.5) is 0 Å². The molecule has 0 atom stereocenters. The molecule has 1 aliphatic heterocycles. The number of tetrazole rings is 1. The molecule has 25 heavy (non-hydrogen) atoms. The summed E-state index contributed by atoms with van der Waals surface area (Å²) in [5.41, 5.74) is 2.20. The molecule has 0 saturated heterocycles. The minimum Gasteiger partial charge on any atom is -0.454 e. The highest BCUT2D eigenvalue weighted by atomic mass is 32.2. The minimum absolute atomic E-state index is 0.315. The van der Waals surface area contributed by atoms with Gasteiger partial charge in [-0.25, -0.2) is 0 Å². The Hall–Kier alpha value is -2.58. The van der Waals surface area contributed by atoms with Crippen LogP contribution in [0.1, 0.15) is 5.56 Å². The van der Waals surface area contributed by atoms with E-state index in [2.05, 4.69) is 26.9 Å². The largest absolute Gasteiger partial charge is 0.454 e. The fourth-order valence-corrected chi connectivity index (χ4v) is 3.40. The highest BCUT2D eigenvalue weighted by Crippen LogP contribution is 2.32. The summed E-state index contributed by atoms with van der Waals surface area (Å²) in [4.78, 5) is 0. The van der Waals surface area contributed by atoms with Gasteiger partial charge in [0.2, 0.25) is 11.9 Å². The molecular formula is C17H18N5O2S+. The summed E-state index contributed by atoms with van der Waals surface area (Å²) in [6, 6.07) is 16.0. The molecule has 128 valence electrons. The van der Waals surface area contributed by atoms with Crippen molar-refractivity contribution < 1.29 is 14.8 Å². The molecule has 0 radical (unpaired) electrons. The Morgan fingerprint density at radius 1 is 1.08 bits per heavy atom. The van der Waals surface area contributed by atoms with Gasteiger partial charge in [0.25, 0.3) is 0 Å². The summed E-state index contributed by atoms with van der Waals surface area (Å²) in [5.74, 6) is 2.59. The second-order valence-corrected chi connectivity index (χ2v) is 6.59. The minimum atomic E-state index is 0.315. The SMILES string of the molecule is c1ccc(-n2nnnc2SCC[NH2+]Cc2ccc3c(c2)OCO3)cc1. The second-order valence-electron chi connectivity index (χ2n) is 5.53. The van der Waals surface area contributed by atoms with Gasteiger partial charge in [0.15, 0.2) is 11.5 Å². The summed E-state index contributed by atoms with van der Waals surface area (Å²) < 4.78 is 12.5. The van der Waals surface area contributed by atoms with Gasteiger partial charge in [-0.05, 0) is 40.8 Å². The molecule has 0 spiro atoms. The van der Waals surface area contributed by atoms with Crippen molar-refractivity contribution in [2.24, 2.45) is 0 Å². The van der Waals surface area contributed by atoms with Crippen LogP contribution < -0.4 is 14.8 Å². The van der Waals surface area contributed by atoms with Crippen LogP contribution in [-0.2, 0) is 6.54 Å². The van der Waals surface area contributed by atoms with E-state index in [0.29, 0.717) is 6.79 Å². The molecule has 2 aromatic carbocycles. The van der Waals surface area contributed by atoms with E-state index in [4.69, 9.17) is 9.47 Å². The molecular weight excluding hydrogens is 338 g/mol. The smallest absolute Gasteiger partial charge is 0.231 e. The predicted molar refractivity (Wildman–Crippen MR) is 92.9 cm³/mol. The monoisotopic (exact) mass is 356 g/mol. The lowest BCUT2D eigenvalue weighted by molar-refractivity contribution is -0.666. The standard InChI is InChI=1S/C17H17N5O2S/c1-2-4-14(5-3-1)22-17(19-20-21-22)25-9-8-18-11-13-6-7-15-16(10-13)24-12-23-15/h1-7,10,18H,8-9,11-12H2/p+1. The number of benzene rings is 2. The van der Waals surface area contributed by atoms with Crippen LogP contribution in [0.5, 0.6) is 11.5 Å². The van der Waals surface area contributed by atoms with Crippen LogP contribution in [0.2, 0.25) is 0 Å². The maximum absolute atomic E-state index is 5.41. The van der Waals surface area contributed by atoms with Gasteiger partial charge >= 0.3 is 0 Å². The van der Waals surface area contributed by atoms with E-state index in [9.17, 15) is 0 Å². The van der Waals surface area contributed by atoms with Crippen LogP contribution >= 0.6 is 11.8 Å². The fourth-order valence-electron chi connectivity index (χ4n) is 2.57. The van der Waals surface area contributed by atoms with E-state index < -0.39 is 0 Å². The molecule has 0 fully saturated rings. The van der Waals surface area contributed by atoms with E-state index in [1.165, 1.54) is 5.56 Å². The first-order valence-electron chi connectivity index (χ1n) is 8.07. The number of para-hydroxylation sites is 1. The molecule has 1 aromatic heterocycles. The number of rotatable bonds is 7. The maximum atomic E-state index is 5.41. The fraction of sp³-hybridized carbons (Fsp3) is 0.235. The van der Waals surface area contributed by atoms with Gasteiger partial charge in [-0.15, -0.1) is 5.10 Å². The summed E-state index contributed by atoms with van der Waals surface area (Å²) in [6.07, 6.45) is 0. The van der Waals surface area contributed by atoms with Crippen molar-refractivity contribution in [3.8, 4) is 17.2 Å². The number of aromatic nitrogens is 4. The quantitative estimate of drug-likeness (QED) is 0.507. The Labute approximate surface area is 149 Å². The first-order chi connectivity index (χ1) is 12.4. The van der Waals surface area contributed by atoms with Crippen LogP contribution in [-0.4, -0.2) is 39.3 Å². The molecule has 7 nitrogen and oxygen atoms in total. The van der Waals surface area contributed by atoms with Crippen molar-refractivity contribution in [3.63, 3.8) is 0 Å². The third kappa shape index (κ3) is 3.75. The lowest BCUT2D eigenvalue weighted by Gasteiger charge is -2.04. The van der Waals surface area contributed by atoms with Gasteiger partial charge in [0.1, 0.15) is 6.54 Å². The van der Waals surface area contributed by atoms with Gasteiger partial charge < -0.3 is 14.8 Å². The Bertz CT molecular complexity index is 840. The molecule has 2 heterocycles. The Balaban J connectivity index is 1.26. The first-order valence-corrected chi connectivity index (χ1v) is 9.05. The van der Waals surface area contributed by atoms with Crippen LogP contribution in [0.15, 0.2) is 53.7 Å². The van der Waals surface area contributed by atoms with Crippen LogP contribution in [0.25, 0.3) is 5.69 Å². The molecule has 4 rings (SSSR count). The zero-order valence-electron chi connectivity index (χ0n) is 13.5. The molecule has 0 unspecified atom stereocenters. The average Bonchev–Trinajstić information content (AvgIpc) is 3.31. The number of thioether (sulfide) groups is 1. The van der Waals surface area contributed by atoms with Crippen molar-refractivity contribution >= 4 is 11.8 Å². The third-order valence-corrected chi connectivity index (χ3v) is 4.76. The average molecular weight is 356 g/mol. The van der Waals surface area contributed by atoms with Gasteiger partial charge in [0.05, 0.1) is 18.0 Å². The van der Waals surface area contributed by atoms with Crippen LogP contribution in [0, 0.1) is 0 Å². The van der Waals surface area contributed by atoms with Crippen molar-refractivity contribution in [2.75, 3.05) is 19.1 Å². The van der Waals surface area contributed by atoms with E-state index in [0.717, 1.165) is 41.2 Å². The molecule has 3 aromatic rings. The number of fused-ring (bicyclic) bond motifs is 1.